The number of benzene rings is 1. The van der Waals surface area contributed by atoms with Gasteiger partial charge in [0.15, 0.2) is 0 Å². The largest absolute Gasteiger partial charge is 0.385 e. The fourth-order valence-electron chi connectivity index (χ4n) is 2.41. The van der Waals surface area contributed by atoms with Gasteiger partial charge in [-0.05, 0) is 49.8 Å². The molecule has 0 radical (unpaired) electrons. The van der Waals surface area contributed by atoms with Gasteiger partial charge in [-0.2, -0.15) is 0 Å². The first-order valence-corrected chi connectivity index (χ1v) is 6.07. The van der Waals surface area contributed by atoms with E-state index >= 15 is 0 Å². The summed E-state index contributed by atoms with van der Waals surface area (Å²) < 4.78 is 0. The topological polar surface area (TPSA) is 12.0 Å². The minimum Gasteiger partial charge on any atom is -0.385 e. The van der Waals surface area contributed by atoms with Crippen molar-refractivity contribution in [1.82, 2.24) is 0 Å². The quantitative estimate of drug-likeness (QED) is 0.785. The summed E-state index contributed by atoms with van der Waals surface area (Å²) in [5.41, 5.74) is 4.10. The molecule has 1 saturated carbocycles. The molecular formula is C14H21N. The summed E-state index contributed by atoms with van der Waals surface area (Å²) in [4.78, 5) is 0. The summed E-state index contributed by atoms with van der Waals surface area (Å²) in [5.74, 6) is 0.907. The highest BCUT2D eigenvalue weighted by atomic mass is 14.9. The van der Waals surface area contributed by atoms with Crippen LogP contribution < -0.4 is 5.32 Å². The van der Waals surface area contributed by atoms with Crippen LogP contribution in [0.3, 0.4) is 0 Å². The maximum Gasteiger partial charge on any atom is 0.0372 e. The average molecular weight is 203 g/mol. The summed E-state index contributed by atoms with van der Waals surface area (Å²) >= 11 is 0. The van der Waals surface area contributed by atoms with Crippen LogP contribution in [0.15, 0.2) is 18.2 Å². The van der Waals surface area contributed by atoms with E-state index in [2.05, 4.69) is 37.4 Å². The van der Waals surface area contributed by atoms with E-state index in [9.17, 15) is 0 Å². The molecule has 0 heterocycles. The molecule has 1 heteroatoms. The first kappa shape index (κ1) is 10.5. The van der Waals surface area contributed by atoms with Crippen molar-refractivity contribution in [2.75, 3.05) is 11.9 Å². The van der Waals surface area contributed by atoms with E-state index in [0.717, 1.165) is 12.5 Å². The van der Waals surface area contributed by atoms with Crippen LogP contribution in [-0.2, 0) is 0 Å². The minimum absolute atomic E-state index is 0.907. The van der Waals surface area contributed by atoms with Crippen LogP contribution in [0.4, 0.5) is 5.69 Å². The van der Waals surface area contributed by atoms with Gasteiger partial charge in [0.1, 0.15) is 0 Å². The van der Waals surface area contributed by atoms with Gasteiger partial charge in [0.25, 0.3) is 0 Å². The maximum atomic E-state index is 3.60. The first-order chi connectivity index (χ1) is 7.27. The number of hydrogen-bond donors (Lipinski definition) is 1. The Labute approximate surface area is 92.9 Å². The van der Waals surface area contributed by atoms with Crippen molar-refractivity contribution in [2.45, 2.75) is 39.5 Å². The van der Waals surface area contributed by atoms with Crippen LogP contribution in [0.1, 0.15) is 36.8 Å². The van der Waals surface area contributed by atoms with Crippen molar-refractivity contribution >= 4 is 5.69 Å². The summed E-state index contributed by atoms with van der Waals surface area (Å²) in [6.45, 7) is 5.53. The lowest BCUT2D eigenvalue weighted by atomic mass is 10.1. The number of aryl methyl sites for hydroxylation is 1. The van der Waals surface area contributed by atoms with Gasteiger partial charge in [0, 0.05) is 12.2 Å². The molecule has 0 aromatic heterocycles. The second kappa shape index (κ2) is 4.69. The minimum atomic E-state index is 0.907. The third kappa shape index (κ3) is 2.53. The molecular weight excluding hydrogens is 182 g/mol. The summed E-state index contributed by atoms with van der Waals surface area (Å²) in [5, 5.41) is 3.60. The number of rotatable bonds is 3. The zero-order chi connectivity index (χ0) is 10.7. The Bertz CT molecular complexity index is 324. The molecule has 82 valence electrons. The maximum absolute atomic E-state index is 3.60. The second-order valence-electron chi connectivity index (χ2n) is 4.78. The van der Waals surface area contributed by atoms with Crippen molar-refractivity contribution in [2.24, 2.45) is 5.92 Å². The molecule has 0 aliphatic heterocycles. The lowest BCUT2D eigenvalue weighted by Gasteiger charge is -2.14. The Morgan fingerprint density at radius 2 is 1.93 bits per heavy atom. The Morgan fingerprint density at radius 3 is 2.67 bits per heavy atom. The lowest BCUT2D eigenvalue weighted by Crippen LogP contribution is -2.11. The summed E-state index contributed by atoms with van der Waals surface area (Å²) in [7, 11) is 0. The molecule has 1 nitrogen and oxygen atoms in total. The molecule has 0 spiro atoms. The van der Waals surface area contributed by atoms with Crippen molar-refractivity contribution in [3.05, 3.63) is 29.3 Å². The van der Waals surface area contributed by atoms with Crippen LogP contribution in [-0.4, -0.2) is 6.54 Å². The molecule has 15 heavy (non-hydrogen) atoms. The Hall–Kier alpha value is -0.980. The highest BCUT2D eigenvalue weighted by molar-refractivity contribution is 5.53. The van der Waals surface area contributed by atoms with E-state index in [4.69, 9.17) is 0 Å². The van der Waals surface area contributed by atoms with Gasteiger partial charge in [0.2, 0.25) is 0 Å². The van der Waals surface area contributed by atoms with Gasteiger partial charge in [-0.15, -0.1) is 0 Å². The molecule has 1 aliphatic rings. The van der Waals surface area contributed by atoms with Gasteiger partial charge in [-0.3, -0.25) is 0 Å². The molecule has 1 fully saturated rings. The smallest absolute Gasteiger partial charge is 0.0372 e. The Balaban J connectivity index is 1.95. The lowest BCUT2D eigenvalue weighted by molar-refractivity contribution is 0.579. The summed E-state index contributed by atoms with van der Waals surface area (Å²) in [6, 6.07) is 6.51. The number of anilines is 1. The molecule has 0 unspecified atom stereocenters. The highest BCUT2D eigenvalue weighted by Crippen LogP contribution is 2.26. The third-order valence-electron chi connectivity index (χ3n) is 3.66. The normalized spacial score (nSPS) is 16.9. The molecule has 0 amide bonds. The van der Waals surface area contributed by atoms with Gasteiger partial charge in [-0.1, -0.05) is 25.0 Å². The van der Waals surface area contributed by atoms with E-state index < -0.39 is 0 Å². The highest BCUT2D eigenvalue weighted by Gasteiger charge is 2.14. The van der Waals surface area contributed by atoms with Crippen LogP contribution in [0, 0.1) is 19.8 Å². The van der Waals surface area contributed by atoms with Gasteiger partial charge < -0.3 is 5.32 Å². The van der Waals surface area contributed by atoms with Gasteiger partial charge in [-0.25, -0.2) is 0 Å². The van der Waals surface area contributed by atoms with E-state index in [1.165, 1.54) is 42.5 Å². The zero-order valence-corrected chi connectivity index (χ0v) is 9.84. The molecule has 1 aromatic carbocycles. The predicted octanol–water partition coefficient (Wildman–Crippen LogP) is 3.91. The fourth-order valence-corrected chi connectivity index (χ4v) is 2.41. The van der Waals surface area contributed by atoms with E-state index in [1.54, 1.807) is 0 Å². The first-order valence-electron chi connectivity index (χ1n) is 6.07. The molecule has 0 saturated heterocycles. The van der Waals surface area contributed by atoms with Crippen molar-refractivity contribution in [3.8, 4) is 0 Å². The van der Waals surface area contributed by atoms with Crippen LogP contribution >= 0.6 is 0 Å². The van der Waals surface area contributed by atoms with Gasteiger partial charge in [0.05, 0.1) is 0 Å². The van der Waals surface area contributed by atoms with Crippen molar-refractivity contribution in [3.63, 3.8) is 0 Å². The monoisotopic (exact) mass is 203 g/mol. The third-order valence-corrected chi connectivity index (χ3v) is 3.66. The van der Waals surface area contributed by atoms with Crippen molar-refractivity contribution in [1.29, 1.82) is 0 Å². The average Bonchev–Trinajstić information content (AvgIpc) is 2.73. The molecule has 1 N–H and O–H groups in total. The molecule has 0 atom stereocenters. The zero-order valence-electron chi connectivity index (χ0n) is 9.84. The standard InChI is InChI=1S/C14H21N/c1-11-6-5-9-14(12(11)2)15-10-13-7-3-4-8-13/h5-6,9,13,15H,3-4,7-8,10H2,1-2H3. The number of hydrogen-bond acceptors (Lipinski definition) is 1. The molecule has 2 rings (SSSR count). The van der Waals surface area contributed by atoms with Crippen LogP contribution in [0.25, 0.3) is 0 Å². The van der Waals surface area contributed by atoms with Crippen molar-refractivity contribution < 1.29 is 0 Å². The van der Waals surface area contributed by atoms with E-state index in [1.807, 2.05) is 0 Å². The number of nitrogens with one attached hydrogen (secondary N) is 1. The van der Waals surface area contributed by atoms with Crippen LogP contribution in [0.2, 0.25) is 0 Å². The predicted molar refractivity (Wildman–Crippen MR) is 66.4 cm³/mol. The second-order valence-corrected chi connectivity index (χ2v) is 4.78. The Morgan fingerprint density at radius 1 is 1.20 bits per heavy atom. The van der Waals surface area contributed by atoms with Crippen LogP contribution in [0.5, 0.6) is 0 Å². The molecule has 1 aromatic rings. The fraction of sp³-hybridized carbons (Fsp3) is 0.571. The SMILES string of the molecule is Cc1cccc(NCC2CCCC2)c1C. The summed E-state index contributed by atoms with van der Waals surface area (Å²) in [6.07, 6.45) is 5.69. The van der Waals surface area contributed by atoms with E-state index in [-0.39, 0.29) is 0 Å². The Kier molecular flexibility index (Phi) is 3.30. The molecule has 0 bridgehead atoms. The van der Waals surface area contributed by atoms with E-state index in [0.29, 0.717) is 0 Å². The molecule has 1 aliphatic carbocycles. The van der Waals surface area contributed by atoms with Gasteiger partial charge >= 0.3 is 0 Å².